The first-order valence-corrected chi connectivity index (χ1v) is 10.8. The van der Waals surface area contributed by atoms with Gasteiger partial charge in [-0.25, -0.2) is 0 Å². The quantitative estimate of drug-likeness (QED) is 0.284. The number of aliphatic hydroxyl groups is 2. The van der Waals surface area contributed by atoms with Crippen molar-refractivity contribution in [1.82, 2.24) is 0 Å². The van der Waals surface area contributed by atoms with E-state index in [2.05, 4.69) is 0 Å². The average molecular weight is 712 g/mol. The molecule has 0 aliphatic heterocycles. The molecule has 0 aromatic heterocycles. The average Bonchev–Trinajstić information content (AvgIpc) is 2.88. The summed E-state index contributed by atoms with van der Waals surface area (Å²) in [5.74, 6) is 0. The molecule has 189 valence electrons. The Bertz CT molecular complexity index is 534. The molecular formula is C24H45O5SY3-3. The topological polar surface area (TPSA) is 91.7 Å². The maximum Gasteiger partial charge on any atom is 0.0627 e. The van der Waals surface area contributed by atoms with Gasteiger partial charge in [-0.15, -0.1) is 12.1 Å². The second kappa shape index (κ2) is 76.6. The van der Waals surface area contributed by atoms with E-state index in [1.807, 2.05) is 61.5 Å². The van der Waals surface area contributed by atoms with E-state index in [9.17, 15) is 13.2 Å². The molecule has 9 heteroatoms. The van der Waals surface area contributed by atoms with Crippen LogP contribution in [0.15, 0.2) is 65.6 Å². The van der Waals surface area contributed by atoms with Crippen molar-refractivity contribution in [1.29, 1.82) is 0 Å². The van der Waals surface area contributed by atoms with E-state index in [0.717, 1.165) is 14.2 Å². The van der Waals surface area contributed by atoms with Crippen LogP contribution in [-0.2, 0) is 122 Å². The third-order valence-corrected chi connectivity index (χ3v) is 2.48. The van der Waals surface area contributed by atoms with Crippen LogP contribution in [0.3, 0.4) is 0 Å². The van der Waals surface area contributed by atoms with Crippen molar-refractivity contribution < 1.29 is 122 Å². The Labute approximate surface area is 282 Å². The van der Waals surface area contributed by atoms with Gasteiger partial charge in [0.15, 0.2) is 0 Å². The Morgan fingerprint density at radius 1 is 0.576 bits per heavy atom. The summed E-state index contributed by atoms with van der Waals surface area (Å²) < 4.78 is 20.4. The van der Waals surface area contributed by atoms with E-state index in [1.165, 1.54) is 0 Å². The van der Waals surface area contributed by atoms with Crippen molar-refractivity contribution in [2.24, 2.45) is 0 Å². The second-order valence-electron chi connectivity index (χ2n) is 3.02. The molecule has 0 bridgehead atoms. The van der Waals surface area contributed by atoms with Crippen molar-refractivity contribution in [3.63, 3.8) is 0 Å². The maximum atomic E-state index is 10.2. The second-order valence-corrected chi connectivity index (χ2v) is 3.96. The van der Waals surface area contributed by atoms with Gasteiger partial charge in [-0.2, -0.15) is 17.7 Å². The molecule has 2 aromatic carbocycles. The molecule has 0 spiro atoms. The summed E-state index contributed by atoms with van der Waals surface area (Å²) in [6.07, 6.45) is 1.78. The van der Waals surface area contributed by atoms with Gasteiger partial charge in [0.1, 0.15) is 0 Å². The van der Waals surface area contributed by atoms with Gasteiger partial charge in [0, 0.05) is 112 Å². The molecule has 0 aliphatic carbocycles. The van der Waals surface area contributed by atoms with Crippen LogP contribution in [0.25, 0.3) is 0 Å². The molecule has 2 aromatic rings. The molecule has 0 heterocycles. The van der Waals surface area contributed by atoms with Gasteiger partial charge in [-0.3, -0.25) is 0 Å². The van der Waals surface area contributed by atoms with Gasteiger partial charge in [0.05, 0.1) is 6.29 Å². The molecule has 0 saturated carbocycles. The smallest absolute Gasteiger partial charge is 0.0627 e. The minimum absolute atomic E-state index is 0. The van der Waals surface area contributed by atoms with Crippen LogP contribution in [0.4, 0.5) is 0 Å². The van der Waals surface area contributed by atoms with Gasteiger partial charge < -0.3 is 30.9 Å². The minimum Gasteiger partial charge on any atom is -0.420 e. The van der Waals surface area contributed by atoms with Crippen LogP contribution in [0.5, 0.6) is 0 Å². The summed E-state index contributed by atoms with van der Waals surface area (Å²) in [7, 11) is -0.0790. The number of aliphatic hydroxyl groups excluding tert-OH is 2. The van der Waals surface area contributed by atoms with Crippen molar-refractivity contribution in [3.05, 3.63) is 73.7 Å². The van der Waals surface area contributed by atoms with Crippen LogP contribution in [-0.4, -0.2) is 30.7 Å². The third kappa shape index (κ3) is 60.1. The molecule has 3 radical (unpaired) electrons. The number of benzene rings is 2. The molecule has 2 N–H and O–H groups in total. The Balaban J connectivity index is -0.0000000255. The maximum absolute atomic E-state index is 10.2. The fourth-order valence-corrected chi connectivity index (χ4v) is 1.42. The first-order valence-electron chi connectivity index (χ1n) is 9.71. The summed E-state index contributed by atoms with van der Waals surface area (Å²) in [4.78, 5) is 10.2. The van der Waals surface area contributed by atoms with Gasteiger partial charge in [-0.1, -0.05) is 96.7 Å². The van der Waals surface area contributed by atoms with Gasteiger partial charge in [0.25, 0.3) is 0 Å². The Hall–Kier alpha value is 1.29. The largest absolute Gasteiger partial charge is 0.420 e. The summed E-state index contributed by atoms with van der Waals surface area (Å²) in [5, 5.41) is 14.0. The Morgan fingerprint density at radius 2 is 0.818 bits per heavy atom. The SMILES string of the molecule is CC.CC.CC.CC.CO.CO.O=[C-]c1ccccc1.O=[S-](=O)c1ccccc1.[CH3-].[Y].[Y].[Y]. The van der Waals surface area contributed by atoms with Crippen molar-refractivity contribution in [3.8, 4) is 0 Å². The Morgan fingerprint density at radius 3 is 0.970 bits per heavy atom. The van der Waals surface area contributed by atoms with Gasteiger partial charge in [-0.05, 0) is 10.7 Å². The van der Waals surface area contributed by atoms with E-state index in [-0.39, 0.29) is 106 Å². The zero-order valence-corrected chi connectivity index (χ0v) is 31.9. The zero-order chi connectivity index (χ0) is 24.5. The summed E-state index contributed by atoms with van der Waals surface area (Å²) >= 11 is 0. The predicted octanol–water partition coefficient (Wildman–Crippen LogP) is 6.26. The number of hydrogen-bond acceptors (Lipinski definition) is 6. The molecule has 0 saturated heterocycles. The molecule has 5 nitrogen and oxygen atoms in total. The van der Waals surface area contributed by atoms with E-state index >= 15 is 0 Å². The first kappa shape index (κ1) is 64.4. The van der Waals surface area contributed by atoms with Gasteiger partial charge in [0.2, 0.25) is 0 Å². The predicted molar refractivity (Wildman–Crippen MR) is 133 cm³/mol. The summed E-state index contributed by atoms with van der Waals surface area (Å²) in [5.41, 5.74) is 0.604. The van der Waals surface area contributed by atoms with Crippen molar-refractivity contribution in [2.45, 2.75) is 60.3 Å². The molecule has 0 fully saturated rings. The first-order chi connectivity index (χ1) is 14.2. The zero-order valence-electron chi connectivity index (χ0n) is 22.5. The normalized spacial score (nSPS) is 5.85. The molecule has 0 amide bonds. The molecular weight excluding hydrogens is 667 g/mol. The number of carbonyl (C=O) groups excluding carboxylic acids is 1. The monoisotopic (exact) mass is 712 g/mol. The molecule has 0 aliphatic rings. The van der Waals surface area contributed by atoms with Crippen LogP contribution < -0.4 is 0 Å². The fourth-order valence-electron chi connectivity index (χ4n) is 1.04. The molecule has 0 unspecified atom stereocenters. The third-order valence-electron chi connectivity index (χ3n) is 1.83. The number of rotatable bonds is 2. The summed E-state index contributed by atoms with van der Waals surface area (Å²) in [6, 6.07) is 17.1. The van der Waals surface area contributed by atoms with Crippen LogP contribution in [0.2, 0.25) is 0 Å². The Kier molecular flexibility index (Phi) is 149. The number of hydrogen-bond donors (Lipinski definition) is 2. The molecule has 33 heavy (non-hydrogen) atoms. The van der Waals surface area contributed by atoms with Crippen molar-refractivity contribution >= 4 is 17.0 Å². The summed E-state index contributed by atoms with van der Waals surface area (Å²) in [6.45, 7) is 16.0. The van der Waals surface area contributed by atoms with E-state index < -0.39 is 10.7 Å². The minimum atomic E-state index is -2.08. The standard InChI is InChI=1S/C7H5O.C6H5O2S.4C2H6.2CH4O.CH3.3Y/c8-6-7-4-2-1-3-5-7;7-9(8)6-4-2-1-3-5-6;6*1-2;;;;/h1-5H;1-5H;4*1-2H3;2*2H,1H3;1H3;;;/q2*-1;;;;;;;-1;;;. The van der Waals surface area contributed by atoms with E-state index in [1.54, 1.807) is 60.9 Å². The van der Waals surface area contributed by atoms with Crippen molar-refractivity contribution in [2.75, 3.05) is 14.2 Å². The fraction of sp³-hybridized carbons (Fsp3) is 0.417. The molecule has 2 rings (SSSR count). The van der Waals surface area contributed by atoms with Crippen LogP contribution in [0.1, 0.15) is 61.0 Å². The van der Waals surface area contributed by atoms with Crippen LogP contribution in [0, 0.1) is 7.43 Å². The van der Waals surface area contributed by atoms with E-state index in [0.29, 0.717) is 10.5 Å². The van der Waals surface area contributed by atoms with Gasteiger partial charge >= 0.3 is 0 Å². The van der Waals surface area contributed by atoms with E-state index in [4.69, 9.17) is 10.2 Å². The van der Waals surface area contributed by atoms with Crippen LogP contribution >= 0.6 is 0 Å². The molecule has 0 atom stereocenters.